The van der Waals surface area contributed by atoms with Crippen LogP contribution in [0, 0.1) is 0 Å². The van der Waals surface area contributed by atoms with E-state index < -0.39 is 0 Å². The zero-order chi connectivity index (χ0) is 4.99. The van der Waals surface area contributed by atoms with E-state index in [0.29, 0.717) is 0 Å². The molecule has 0 fully saturated rings. The van der Waals surface area contributed by atoms with E-state index in [1.807, 2.05) is 6.26 Å². The minimum Gasteiger partial charge on any atom is -0.306 e. The van der Waals surface area contributed by atoms with Crippen molar-refractivity contribution in [2.24, 2.45) is 5.73 Å². The summed E-state index contributed by atoms with van der Waals surface area (Å²) in [4.78, 5) is 2.33. The lowest BCUT2D eigenvalue weighted by molar-refractivity contribution is 0.901. The van der Waals surface area contributed by atoms with Crippen LogP contribution in [-0.2, 0) is 0 Å². The summed E-state index contributed by atoms with van der Waals surface area (Å²) in [5.41, 5.74) is 5.06. The molecule has 0 saturated heterocycles. The summed E-state index contributed by atoms with van der Waals surface area (Å²) in [5, 5.41) is 0. The van der Waals surface area contributed by atoms with Crippen molar-refractivity contribution in [1.82, 2.24) is 4.84 Å². The maximum Gasteiger partial charge on any atom is 0.116 e. The molecular formula is C2H7ClN2S. The first-order chi connectivity index (χ1) is 2.81. The smallest absolute Gasteiger partial charge is 0.116 e. The summed E-state index contributed by atoms with van der Waals surface area (Å²) in [6.45, 7) is 0. The predicted octanol–water partition coefficient (Wildman–Crippen LogP) is 0.335. The standard InChI is InChI=1S/C2H7ClN2S/c1-6-2(4)5-3/h2,5H,4H2,1H3. The van der Waals surface area contributed by atoms with Crippen molar-refractivity contribution in [2.45, 2.75) is 5.50 Å². The highest BCUT2D eigenvalue weighted by Crippen LogP contribution is 1.93. The van der Waals surface area contributed by atoms with Gasteiger partial charge in [-0.1, -0.05) is 0 Å². The Morgan fingerprint density at radius 3 is 2.50 bits per heavy atom. The molecular weight excluding hydrogens is 120 g/mol. The van der Waals surface area contributed by atoms with Gasteiger partial charge in [-0.2, -0.15) is 0 Å². The molecule has 0 bridgehead atoms. The van der Waals surface area contributed by atoms with Gasteiger partial charge < -0.3 is 5.73 Å². The molecule has 1 unspecified atom stereocenters. The van der Waals surface area contributed by atoms with Gasteiger partial charge >= 0.3 is 0 Å². The molecule has 3 N–H and O–H groups in total. The first kappa shape index (κ1) is 6.56. The zero-order valence-corrected chi connectivity index (χ0v) is 5.01. The molecule has 0 aromatic heterocycles. The van der Waals surface area contributed by atoms with Gasteiger partial charge in [-0.05, 0) is 18.0 Å². The first-order valence-corrected chi connectivity index (χ1v) is 3.12. The van der Waals surface area contributed by atoms with Crippen molar-refractivity contribution in [3.8, 4) is 0 Å². The average Bonchev–Trinajstić information content (AvgIpc) is 1.65. The molecule has 0 rings (SSSR count). The molecule has 0 heterocycles. The molecule has 6 heavy (non-hydrogen) atoms. The van der Waals surface area contributed by atoms with Gasteiger partial charge in [0.05, 0.1) is 0 Å². The Balaban J connectivity index is 2.75. The van der Waals surface area contributed by atoms with Crippen LogP contribution in [0.15, 0.2) is 0 Å². The molecule has 0 radical (unpaired) electrons. The van der Waals surface area contributed by atoms with E-state index in [-0.39, 0.29) is 5.50 Å². The van der Waals surface area contributed by atoms with Crippen molar-refractivity contribution in [3.63, 3.8) is 0 Å². The van der Waals surface area contributed by atoms with E-state index in [4.69, 9.17) is 17.5 Å². The quantitative estimate of drug-likeness (QED) is 0.414. The largest absolute Gasteiger partial charge is 0.306 e. The fourth-order valence-corrected chi connectivity index (χ4v) is 0.401. The lowest BCUT2D eigenvalue weighted by atomic mass is 11.2. The lowest BCUT2D eigenvalue weighted by Gasteiger charge is -1.99. The summed E-state index contributed by atoms with van der Waals surface area (Å²) in [5.74, 6) is 0. The first-order valence-electron chi connectivity index (χ1n) is 1.45. The summed E-state index contributed by atoms with van der Waals surface area (Å²) in [7, 11) is 0. The second-order valence-corrected chi connectivity index (χ2v) is 1.96. The molecule has 4 heteroatoms. The molecule has 1 atom stereocenters. The van der Waals surface area contributed by atoms with Crippen molar-refractivity contribution >= 4 is 23.5 Å². The van der Waals surface area contributed by atoms with E-state index in [0.717, 1.165) is 0 Å². The fraction of sp³-hybridized carbons (Fsp3) is 1.00. The van der Waals surface area contributed by atoms with E-state index >= 15 is 0 Å². The van der Waals surface area contributed by atoms with Crippen molar-refractivity contribution in [2.75, 3.05) is 6.26 Å². The number of rotatable bonds is 2. The lowest BCUT2D eigenvalue weighted by Crippen LogP contribution is -2.26. The Labute approximate surface area is 46.5 Å². The van der Waals surface area contributed by atoms with Gasteiger partial charge in [-0.25, -0.2) is 4.84 Å². The van der Waals surface area contributed by atoms with Crippen molar-refractivity contribution in [3.05, 3.63) is 0 Å². The maximum atomic E-state index is 5.19. The third kappa shape index (κ3) is 2.78. The number of nitrogens with two attached hydrogens (primary N) is 1. The van der Waals surface area contributed by atoms with Gasteiger partial charge in [0.25, 0.3) is 0 Å². The summed E-state index contributed by atoms with van der Waals surface area (Å²) in [6, 6.07) is 0. The van der Waals surface area contributed by atoms with E-state index in [2.05, 4.69) is 4.84 Å². The molecule has 0 amide bonds. The van der Waals surface area contributed by atoms with E-state index in [1.165, 1.54) is 11.8 Å². The van der Waals surface area contributed by atoms with Crippen LogP contribution in [0.25, 0.3) is 0 Å². The Kier molecular flexibility index (Phi) is 4.09. The molecule has 2 nitrogen and oxygen atoms in total. The van der Waals surface area contributed by atoms with Gasteiger partial charge in [0.15, 0.2) is 0 Å². The highest BCUT2D eigenvalue weighted by molar-refractivity contribution is 7.99. The van der Waals surface area contributed by atoms with Crippen LogP contribution in [0.3, 0.4) is 0 Å². The second-order valence-electron chi connectivity index (χ2n) is 0.765. The monoisotopic (exact) mass is 126 g/mol. The average molecular weight is 127 g/mol. The van der Waals surface area contributed by atoms with Gasteiger partial charge in [0.1, 0.15) is 5.50 Å². The molecule has 0 saturated carbocycles. The topological polar surface area (TPSA) is 38.0 Å². The van der Waals surface area contributed by atoms with Crippen LogP contribution in [0.5, 0.6) is 0 Å². The SMILES string of the molecule is CSC(N)NCl. The molecule has 38 valence electrons. The van der Waals surface area contributed by atoms with Gasteiger partial charge in [-0.15, -0.1) is 11.8 Å². The van der Waals surface area contributed by atoms with E-state index in [1.54, 1.807) is 0 Å². The molecule has 0 spiro atoms. The third-order valence-corrected chi connectivity index (χ3v) is 1.35. The maximum absolute atomic E-state index is 5.19. The van der Waals surface area contributed by atoms with Crippen molar-refractivity contribution in [1.29, 1.82) is 0 Å². The van der Waals surface area contributed by atoms with Crippen LogP contribution in [-0.4, -0.2) is 11.8 Å². The Bertz CT molecular complexity index is 30.7. The minimum atomic E-state index is -0.133. The molecule has 0 aromatic rings. The number of halogens is 1. The number of thioether (sulfide) groups is 1. The third-order valence-electron chi connectivity index (χ3n) is 0.361. The summed E-state index contributed by atoms with van der Waals surface area (Å²) < 4.78 is 0. The minimum absolute atomic E-state index is 0.133. The van der Waals surface area contributed by atoms with Gasteiger partial charge in [0.2, 0.25) is 0 Å². The Hall–Kier alpha value is 0.560. The molecule has 0 aliphatic heterocycles. The molecule has 0 aliphatic carbocycles. The van der Waals surface area contributed by atoms with Crippen molar-refractivity contribution < 1.29 is 0 Å². The predicted molar refractivity (Wildman–Crippen MR) is 30.5 cm³/mol. The summed E-state index contributed by atoms with van der Waals surface area (Å²) in [6.07, 6.45) is 1.88. The molecule has 0 aromatic carbocycles. The number of hydrogen-bond acceptors (Lipinski definition) is 3. The molecule has 0 aliphatic rings. The Morgan fingerprint density at radius 2 is 2.50 bits per heavy atom. The van der Waals surface area contributed by atoms with E-state index in [9.17, 15) is 0 Å². The Morgan fingerprint density at radius 1 is 2.00 bits per heavy atom. The highest BCUT2D eigenvalue weighted by Gasteiger charge is 1.89. The van der Waals surface area contributed by atoms with Gasteiger partial charge in [0, 0.05) is 0 Å². The normalized spacial score (nSPS) is 14.5. The van der Waals surface area contributed by atoms with Crippen LogP contribution >= 0.6 is 23.5 Å². The zero-order valence-electron chi connectivity index (χ0n) is 3.44. The summed E-state index contributed by atoms with van der Waals surface area (Å²) >= 11 is 6.52. The number of hydrogen-bond donors (Lipinski definition) is 2. The van der Waals surface area contributed by atoms with Crippen LogP contribution < -0.4 is 10.6 Å². The van der Waals surface area contributed by atoms with Crippen LogP contribution in [0.2, 0.25) is 0 Å². The number of nitrogens with one attached hydrogen (secondary N) is 1. The van der Waals surface area contributed by atoms with Crippen LogP contribution in [0.4, 0.5) is 0 Å². The fourth-order valence-electron chi connectivity index (χ4n) is 0.0445. The highest BCUT2D eigenvalue weighted by atomic mass is 35.5. The van der Waals surface area contributed by atoms with Crippen LogP contribution in [0.1, 0.15) is 0 Å². The second kappa shape index (κ2) is 3.74. The van der Waals surface area contributed by atoms with Gasteiger partial charge in [-0.3, -0.25) is 0 Å².